The molecule has 0 saturated carbocycles. The van der Waals surface area contributed by atoms with Crippen LogP contribution < -0.4 is 0 Å². The fraction of sp³-hybridized carbons (Fsp3) is 0.100. The standard InChI is InChI=1S/C10H8O4/c11-5-7-4-6-2-1-3-8(10(12)13)9(6)14-7/h1-4,11H,5H2,(H,12,13). The second kappa shape index (κ2) is 3.16. The first kappa shape index (κ1) is 8.77. The van der Waals surface area contributed by atoms with E-state index < -0.39 is 5.97 Å². The lowest BCUT2D eigenvalue weighted by molar-refractivity contribution is 0.0697. The quantitative estimate of drug-likeness (QED) is 0.758. The molecule has 0 amide bonds. The van der Waals surface area contributed by atoms with Gasteiger partial charge in [-0.2, -0.15) is 0 Å². The van der Waals surface area contributed by atoms with Gasteiger partial charge in [0.15, 0.2) is 0 Å². The van der Waals surface area contributed by atoms with E-state index in [1.54, 1.807) is 18.2 Å². The van der Waals surface area contributed by atoms with Gasteiger partial charge in [-0.25, -0.2) is 4.79 Å². The predicted molar refractivity (Wildman–Crippen MR) is 49.1 cm³/mol. The largest absolute Gasteiger partial charge is 0.478 e. The monoisotopic (exact) mass is 192 g/mol. The minimum atomic E-state index is -1.03. The van der Waals surface area contributed by atoms with Crippen LogP contribution in [0.3, 0.4) is 0 Å². The van der Waals surface area contributed by atoms with Gasteiger partial charge in [-0.05, 0) is 12.1 Å². The zero-order valence-corrected chi connectivity index (χ0v) is 7.23. The van der Waals surface area contributed by atoms with E-state index in [-0.39, 0.29) is 12.2 Å². The number of aliphatic hydroxyl groups excluding tert-OH is 1. The molecule has 4 heteroatoms. The molecule has 0 aliphatic rings. The summed E-state index contributed by atoms with van der Waals surface area (Å²) in [7, 11) is 0. The summed E-state index contributed by atoms with van der Waals surface area (Å²) in [6.07, 6.45) is 0. The highest BCUT2D eigenvalue weighted by Gasteiger charge is 2.12. The number of hydrogen-bond donors (Lipinski definition) is 2. The molecule has 0 saturated heterocycles. The van der Waals surface area contributed by atoms with Crippen molar-refractivity contribution >= 4 is 16.9 Å². The van der Waals surface area contributed by atoms with Crippen LogP contribution in [0.15, 0.2) is 28.7 Å². The van der Waals surface area contributed by atoms with Crippen LogP contribution in [0.5, 0.6) is 0 Å². The number of carbonyl (C=O) groups is 1. The molecule has 0 spiro atoms. The second-order valence-electron chi connectivity index (χ2n) is 2.90. The second-order valence-corrected chi connectivity index (χ2v) is 2.90. The number of para-hydroxylation sites is 1. The van der Waals surface area contributed by atoms with E-state index in [9.17, 15) is 4.79 Å². The maximum absolute atomic E-state index is 10.8. The zero-order valence-electron chi connectivity index (χ0n) is 7.23. The summed E-state index contributed by atoms with van der Waals surface area (Å²) in [5, 5.41) is 18.4. The van der Waals surface area contributed by atoms with Crippen LogP contribution in [0.25, 0.3) is 11.0 Å². The lowest BCUT2D eigenvalue weighted by Crippen LogP contribution is -1.95. The van der Waals surface area contributed by atoms with Crippen LogP contribution in [0.1, 0.15) is 16.1 Å². The lowest BCUT2D eigenvalue weighted by atomic mass is 10.1. The third-order valence-electron chi connectivity index (χ3n) is 1.98. The van der Waals surface area contributed by atoms with Crippen molar-refractivity contribution in [3.8, 4) is 0 Å². The van der Waals surface area contributed by atoms with Crippen molar-refractivity contribution in [2.75, 3.05) is 0 Å². The van der Waals surface area contributed by atoms with Crippen molar-refractivity contribution in [2.24, 2.45) is 0 Å². The number of hydrogen-bond acceptors (Lipinski definition) is 3. The molecule has 2 rings (SSSR count). The number of rotatable bonds is 2. The molecule has 2 N–H and O–H groups in total. The molecule has 0 unspecified atom stereocenters. The summed E-state index contributed by atoms with van der Waals surface area (Å²) in [5.74, 6) is -0.664. The van der Waals surface area contributed by atoms with Gasteiger partial charge < -0.3 is 14.6 Å². The fourth-order valence-corrected chi connectivity index (χ4v) is 1.36. The number of furan rings is 1. The highest BCUT2D eigenvalue weighted by atomic mass is 16.4. The number of benzene rings is 1. The number of aliphatic hydroxyl groups is 1. The molecule has 0 aliphatic carbocycles. The zero-order chi connectivity index (χ0) is 10.1. The summed E-state index contributed by atoms with van der Waals surface area (Å²) < 4.78 is 5.18. The third kappa shape index (κ3) is 1.25. The number of aromatic carboxylic acids is 1. The summed E-state index contributed by atoms with van der Waals surface area (Å²) in [5.41, 5.74) is 0.422. The molecule has 1 aromatic heterocycles. The van der Waals surface area contributed by atoms with Crippen molar-refractivity contribution in [1.29, 1.82) is 0 Å². The van der Waals surface area contributed by atoms with Crippen molar-refractivity contribution in [3.63, 3.8) is 0 Å². The predicted octanol–water partition coefficient (Wildman–Crippen LogP) is 1.62. The van der Waals surface area contributed by atoms with Crippen LogP contribution in [-0.4, -0.2) is 16.2 Å². The molecule has 0 radical (unpaired) electrons. The van der Waals surface area contributed by atoms with E-state index in [1.165, 1.54) is 6.07 Å². The molecule has 0 aliphatic heterocycles. The van der Waals surface area contributed by atoms with Gasteiger partial charge in [0.25, 0.3) is 0 Å². The first-order valence-corrected chi connectivity index (χ1v) is 4.08. The van der Waals surface area contributed by atoms with E-state index >= 15 is 0 Å². The molecule has 72 valence electrons. The van der Waals surface area contributed by atoms with Gasteiger partial charge in [0.2, 0.25) is 0 Å². The molecule has 2 aromatic rings. The maximum Gasteiger partial charge on any atom is 0.339 e. The highest BCUT2D eigenvalue weighted by Crippen LogP contribution is 2.23. The van der Waals surface area contributed by atoms with E-state index in [0.717, 1.165) is 0 Å². The Labute approximate surface area is 79.4 Å². The average molecular weight is 192 g/mol. The normalized spacial score (nSPS) is 10.6. The molecule has 0 atom stereocenters. The van der Waals surface area contributed by atoms with Crippen LogP contribution in [0, 0.1) is 0 Å². The van der Waals surface area contributed by atoms with Gasteiger partial charge >= 0.3 is 5.97 Å². The van der Waals surface area contributed by atoms with Crippen molar-refractivity contribution in [1.82, 2.24) is 0 Å². The Morgan fingerprint density at radius 3 is 2.86 bits per heavy atom. The third-order valence-corrected chi connectivity index (χ3v) is 1.98. The Morgan fingerprint density at radius 2 is 2.21 bits per heavy atom. The van der Waals surface area contributed by atoms with Crippen LogP contribution in [0.4, 0.5) is 0 Å². The first-order chi connectivity index (χ1) is 6.72. The summed E-state index contributed by atoms with van der Waals surface area (Å²) in [4.78, 5) is 10.8. The molecule has 14 heavy (non-hydrogen) atoms. The van der Waals surface area contributed by atoms with E-state index in [2.05, 4.69) is 0 Å². The lowest BCUT2D eigenvalue weighted by Gasteiger charge is -1.94. The number of carboxylic acid groups (broad SMARTS) is 1. The van der Waals surface area contributed by atoms with Gasteiger partial charge in [0.1, 0.15) is 23.5 Å². The molecule has 0 bridgehead atoms. The first-order valence-electron chi connectivity index (χ1n) is 4.08. The van der Waals surface area contributed by atoms with Gasteiger partial charge in [-0.1, -0.05) is 12.1 Å². The Morgan fingerprint density at radius 1 is 1.43 bits per heavy atom. The SMILES string of the molecule is O=C(O)c1cccc2cc(CO)oc12. The Kier molecular flexibility index (Phi) is 1.98. The van der Waals surface area contributed by atoms with Crippen LogP contribution >= 0.6 is 0 Å². The van der Waals surface area contributed by atoms with Crippen molar-refractivity contribution in [3.05, 3.63) is 35.6 Å². The average Bonchev–Trinajstić information content (AvgIpc) is 2.59. The Balaban J connectivity index is 2.73. The molecule has 1 heterocycles. The number of fused-ring (bicyclic) bond motifs is 1. The molecule has 0 fully saturated rings. The Hall–Kier alpha value is -1.81. The molecular weight excluding hydrogens is 184 g/mol. The van der Waals surface area contributed by atoms with Crippen molar-refractivity contribution < 1.29 is 19.4 Å². The molecular formula is C10H8O4. The molecule has 1 aromatic carbocycles. The molecule has 4 nitrogen and oxygen atoms in total. The van der Waals surface area contributed by atoms with Gasteiger partial charge in [-0.15, -0.1) is 0 Å². The smallest absolute Gasteiger partial charge is 0.339 e. The minimum absolute atomic E-state index is 0.113. The summed E-state index contributed by atoms with van der Waals surface area (Å²) in [6, 6.07) is 6.48. The maximum atomic E-state index is 10.8. The van der Waals surface area contributed by atoms with Crippen LogP contribution in [0.2, 0.25) is 0 Å². The highest BCUT2D eigenvalue weighted by molar-refractivity contribution is 6.01. The summed E-state index contributed by atoms with van der Waals surface area (Å²) >= 11 is 0. The number of carboxylic acids is 1. The van der Waals surface area contributed by atoms with Crippen LogP contribution in [-0.2, 0) is 6.61 Å². The van der Waals surface area contributed by atoms with Gasteiger partial charge in [0.05, 0.1) is 0 Å². The van der Waals surface area contributed by atoms with E-state index in [0.29, 0.717) is 16.7 Å². The summed E-state index contributed by atoms with van der Waals surface area (Å²) in [6.45, 7) is -0.228. The fourth-order valence-electron chi connectivity index (χ4n) is 1.36. The van der Waals surface area contributed by atoms with E-state index in [1.807, 2.05) is 0 Å². The van der Waals surface area contributed by atoms with Crippen molar-refractivity contribution in [2.45, 2.75) is 6.61 Å². The van der Waals surface area contributed by atoms with Gasteiger partial charge in [0, 0.05) is 5.39 Å². The topological polar surface area (TPSA) is 70.7 Å². The minimum Gasteiger partial charge on any atom is -0.478 e. The van der Waals surface area contributed by atoms with Gasteiger partial charge in [-0.3, -0.25) is 0 Å². The van der Waals surface area contributed by atoms with E-state index in [4.69, 9.17) is 14.6 Å². The Bertz CT molecular complexity index is 484.